The normalized spacial score (nSPS) is 24.7. The van der Waals surface area contributed by atoms with Crippen LogP contribution in [0.5, 0.6) is 0 Å². The van der Waals surface area contributed by atoms with Crippen molar-refractivity contribution in [2.24, 2.45) is 11.8 Å². The zero-order chi connectivity index (χ0) is 21.5. The molecular formula is C20H20F3NO6. The standard InChI is InChI=1S/C20H20F3NO6/c21-20(22,23)14-4-3-12(13(24-14)8-28-9-15-29-5-6-30-15)19(27)16-17(25)10-1-2-11(7-10)18(16)26/h3-4,10-11,15,27H,1-2,5-9H2. The maximum atomic E-state index is 13.1. The summed E-state index contributed by atoms with van der Waals surface area (Å²) in [6.45, 7) is 0.340. The lowest BCUT2D eigenvalue weighted by Gasteiger charge is -2.21. The van der Waals surface area contributed by atoms with Gasteiger partial charge in [0.1, 0.15) is 17.0 Å². The minimum Gasteiger partial charge on any atom is -0.506 e. The summed E-state index contributed by atoms with van der Waals surface area (Å²) in [6, 6.07) is 1.71. The number of pyridine rings is 1. The molecule has 2 aliphatic carbocycles. The van der Waals surface area contributed by atoms with Crippen LogP contribution < -0.4 is 0 Å². The number of ether oxygens (including phenoxy) is 3. The topological polar surface area (TPSA) is 95.0 Å². The van der Waals surface area contributed by atoms with Crippen molar-refractivity contribution in [1.29, 1.82) is 0 Å². The Morgan fingerprint density at radius 1 is 1.13 bits per heavy atom. The molecule has 3 aliphatic rings. The highest BCUT2D eigenvalue weighted by Gasteiger charge is 2.45. The third-order valence-electron chi connectivity index (χ3n) is 5.61. The number of Topliss-reactive ketones (excluding diaryl/α,β-unsaturated/α-hetero) is 2. The lowest BCUT2D eigenvalue weighted by molar-refractivity contribution is -0.141. The quantitative estimate of drug-likeness (QED) is 0.439. The molecule has 10 heteroatoms. The van der Waals surface area contributed by atoms with Crippen LogP contribution >= 0.6 is 0 Å². The Morgan fingerprint density at radius 3 is 2.37 bits per heavy atom. The number of ketones is 2. The van der Waals surface area contributed by atoms with Crippen LogP contribution in [0.1, 0.15) is 36.2 Å². The highest BCUT2D eigenvalue weighted by Crippen LogP contribution is 2.42. The summed E-state index contributed by atoms with van der Waals surface area (Å²) in [5.74, 6) is -2.27. The molecule has 4 rings (SSSR count). The van der Waals surface area contributed by atoms with Crippen molar-refractivity contribution < 1.29 is 42.1 Å². The van der Waals surface area contributed by atoms with Crippen LogP contribution in [0.2, 0.25) is 0 Å². The van der Waals surface area contributed by atoms with Crippen LogP contribution in [0.4, 0.5) is 13.2 Å². The molecule has 1 saturated heterocycles. The molecule has 0 amide bonds. The molecule has 1 aromatic heterocycles. The number of fused-ring (bicyclic) bond motifs is 2. The first-order valence-corrected chi connectivity index (χ1v) is 9.65. The van der Waals surface area contributed by atoms with Gasteiger partial charge in [0.15, 0.2) is 17.9 Å². The molecule has 0 aromatic carbocycles. The van der Waals surface area contributed by atoms with Gasteiger partial charge < -0.3 is 19.3 Å². The van der Waals surface area contributed by atoms with Crippen molar-refractivity contribution in [1.82, 2.24) is 4.98 Å². The predicted octanol–water partition coefficient (Wildman–Crippen LogP) is 2.83. The lowest BCUT2D eigenvalue weighted by atomic mass is 9.81. The first-order chi connectivity index (χ1) is 14.3. The summed E-state index contributed by atoms with van der Waals surface area (Å²) >= 11 is 0. The number of nitrogens with zero attached hydrogens (tertiary/aromatic N) is 1. The molecule has 0 radical (unpaired) electrons. The molecule has 30 heavy (non-hydrogen) atoms. The summed E-state index contributed by atoms with van der Waals surface area (Å²) in [7, 11) is 0. The highest BCUT2D eigenvalue weighted by molar-refractivity contribution is 6.27. The summed E-state index contributed by atoms with van der Waals surface area (Å²) < 4.78 is 55.2. The van der Waals surface area contributed by atoms with Gasteiger partial charge in [-0.25, -0.2) is 4.98 Å². The van der Waals surface area contributed by atoms with E-state index in [-0.39, 0.29) is 35.3 Å². The Morgan fingerprint density at radius 2 is 1.77 bits per heavy atom. The molecule has 1 aromatic rings. The SMILES string of the molecule is O=C1C(=C(O)c2ccc(C(F)(F)F)nc2COCC2OCCO2)C(=O)C2CCC1C2. The minimum atomic E-state index is -4.71. The van der Waals surface area contributed by atoms with Gasteiger partial charge in [0.25, 0.3) is 0 Å². The molecule has 162 valence electrons. The molecule has 2 saturated carbocycles. The van der Waals surface area contributed by atoms with Crippen LogP contribution in [0.3, 0.4) is 0 Å². The van der Waals surface area contributed by atoms with E-state index >= 15 is 0 Å². The number of rotatable bonds is 5. The van der Waals surface area contributed by atoms with Gasteiger partial charge in [0.05, 0.1) is 32.1 Å². The molecular weight excluding hydrogens is 407 g/mol. The van der Waals surface area contributed by atoms with Gasteiger partial charge in [-0.15, -0.1) is 0 Å². The Hall–Kier alpha value is -2.30. The van der Waals surface area contributed by atoms with E-state index in [4.69, 9.17) is 14.2 Å². The van der Waals surface area contributed by atoms with E-state index in [0.29, 0.717) is 38.5 Å². The Bertz CT molecular complexity index is 867. The number of aliphatic hydroxyl groups excluding tert-OH is 1. The van der Waals surface area contributed by atoms with E-state index in [1.54, 1.807) is 0 Å². The summed E-state index contributed by atoms with van der Waals surface area (Å²) in [6.07, 6.45) is -3.76. The van der Waals surface area contributed by atoms with E-state index in [1.165, 1.54) is 0 Å². The smallest absolute Gasteiger partial charge is 0.433 e. The number of halogens is 3. The van der Waals surface area contributed by atoms with Crippen molar-refractivity contribution in [2.45, 2.75) is 38.3 Å². The molecule has 2 bridgehead atoms. The van der Waals surface area contributed by atoms with Crippen LogP contribution in [-0.4, -0.2) is 47.8 Å². The molecule has 2 unspecified atom stereocenters. The zero-order valence-corrected chi connectivity index (χ0v) is 15.9. The molecule has 1 N–H and O–H groups in total. The zero-order valence-electron chi connectivity index (χ0n) is 15.9. The number of allylic oxidation sites excluding steroid dienone is 1. The van der Waals surface area contributed by atoms with Gasteiger partial charge in [-0.05, 0) is 31.4 Å². The van der Waals surface area contributed by atoms with Crippen molar-refractivity contribution in [3.05, 3.63) is 34.7 Å². The van der Waals surface area contributed by atoms with Crippen molar-refractivity contribution in [2.75, 3.05) is 19.8 Å². The first kappa shape index (κ1) is 21.0. The summed E-state index contributed by atoms with van der Waals surface area (Å²) in [5, 5.41) is 10.7. The molecule has 3 fully saturated rings. The molecule has 1 aliphatic heterocycles. The van der Waals surface area contributed by atoms with Crippen LogP contribution in [0.25, 0.3) is 5.76 Å². The molecule has 0 spiro atoms. The summed E-state index contributed by atoms with van der Waals surface area (Å²) in [4.78, 5) is 28.8. The molecule has 2 heterocycles. The largest absolute Gasteiger partial charge is 0.506 e. The second kappa shape index (κ2) is 8.09. The van der Waals surface area contributed by atoms with E-state index < -0.39 is 42.1 Å². The van der Waals surface area contributed by atoms with E-state index in [0.717, 1.165) is 6.07 Å². The highest BCUT2D eigenvalue weighted by atomic mass is 19.4. The Kier molecular flexibility index (Phi) is 5.65. The number of alkyl halides is 3. The van der Waals surface area contributed by atoms with Gasteiger partial charge in [0.2, 0.25) is 0 Å². The van der Waals surface area contributed by atoms with Crippen molar-refractivity contribution in [3.8, 4) is 0 Å². The van der Waals surface area contributed by atoms with Crippen LogP contribution in [-0.2, 0) is 36.6 Å². The third kappa shape index (κ3) is 3.99. The third-order valence-corrected chi connectivity index (χ3v) is 5.61. The fraction of sp³-hybridized carbons (Fsp3) is 0.550. The maximum absolute atomic E-state index is 13.1. The Balaban J connectivity index is 1.67. The molecule has 2 atom stereocenters. The van der Waals surface area contributed by atoms with E-state index in [9.17, 15) is 27.9 Å². The van der Waals surface area contributed by atoms with E-state index in [1.807, 2.05) is 0 Å². The van der Waals surface area contributed by atoms with Gasteiger partial charge >= 0.3 is 6.18 Å². The van der Waals surface area contributed by atoms with Crippen LogP contribution in [0, 0.1) is 11.8 Å². The van der Waals surface area contributed by atoms with Crippen LogP contribution in [0.15, 0.2) is 17.7 Å². The second-order valence-electron chi connectivity index (χ2n) is 7.53. The monoisotopic (exact) mass is 427 g/mol. The van der Waals surface area contributed by atoms with Crippen molar-refractivity contribution >= 4 is 17.3 Å². The van der Waals surface area contributed by atoms with Gasteiger partial charge in [-0.2, -0.15) is 13.2 Å². The van der Waals surface area contributed by atoms with Gasteiger partial charge in [-0.3, -0.25) is 9.59 Å². The number of carbonyl (C=O) groups excluding carboxylic acids is 2. The number of aliphatic hydroxyl groups is 1. The number of hydrogen-bond acceptors (Lipinski definition) is 7. The predicted molar refractivity (Wildman–Crippen MR) is 95.0 cm³/mol. The lowest BCUT2D eigenvalue weighted by Crippen LogP contribution is -2.30. The first-order valence-electron chi connectivity index (χ1n) is 9.65. The summed E-state index contributed by atoms with van der Waals surface area (Å²) in [5.41, 5.74) is -1.88. The van der Waals surface area contributed by atoms with E-state index in [2.05, 4.69) is 4.98 Å². The average Bonchev–Trinajstić information content (AvgIpc) is 3.37. The fourth-order valence-electron chi connectivity index (χ4n) is 4.10. The maximum Gasteiger partial charge on any atom is 0.433 e. The van der Waals surface area contributed by atoms with Gasteiger partial charge in [-0.1, -0.05) is 0 Å². The number of carbonyl (C=O) groups is 2. The minimum absolute atomic E-state index is 0.0449. The Labute approximate surface area is 169 Å². The van der Waals surface area contributed by atoms with Gasteiger partial charge in [0, 0.05) is 17.4 Å². The number of aromatic nitrogens is 1. The fourth-order valence-corrected chi connectivity index (χ4v) is 4.10. The second-order valence-corrected chi connectivity index (χ2v) is 7.53. The van der Waals surface area contributed by atoms with Crippen molar-refractivity contribution in [3.63, 3.8) is 0 Å². The number of hydrogen-bond donors (Lipinski definition) is 1. The average molecular weight is 427 g/mol. The molecule has 7 nitrogen and oxygen atoms in total.